The molecular weight excluding hydrogens is 290 g/mol. The van der Waals surface area contributed by atoms with Crippen LogP contribution in [-0.2, 0) is 10.2 Å². The third-order valence-corrected chi connectivity index (χ3v) is 4.62. The number of hydrogen-bond donors (Lipinski definition) is 0. The van der Waals surface area contributed by atoms with Gasteiger partial charge in [-0.05, 0) is 31.8 Å². The van der Waals surface area contributed by atoms with Gasteiger partial charge in [-0.15, -0.1) is 0 Å². The maximum Gasteiger partial charge on any atom is 0.256 e. The van der Waals surface area contributed by atoms with Crippen LogP contribution in [-0.4, -0.2) is 25.7 Å². The average molecular weight is 311 g/mol. The topological polar surface area (TPSA) is 29.3 Å². The smallest absolute Gasteiger partial charge is 0.256 e. The Labute approximate surface area is 132 Å². The second-order valence-electron chi connectivity index (χ2n) is 6.62. The highest BCUT2D eigenvalue weighted by Gasteiger charge is 2.59. The van der Waals surface area contributed by atoms with Crippen molar-refractivity contribution in [1.82, 2.24) is 4.90 Å². The van der Waals surface area contributed by atoms with E-state index in [1.165, 1.54) is 0 Å². The number of carbonyl (C=O) groups is 1. The highest BCUT2D eigenvalue weighted by molar-refractivity contribution is 6.69. The fourth-order valence-corrected chi connectivity index (χ4v) is 4.06. The molecule has 0 N–H and O–H groups in total. The Bertz CT molecular complexity index is 666. The Hall–Kier alpha value is -1.91. The average Bonchev–Trinajstić information content (AvgIpc) is 3.21. The minimum atomic E-state index is -1.80. The largest absolute Gasteiger partial charge is 0.391 e. The third-order valence-electron chi connectivity index (χ3n) is 3.67. The Morgan fingerprint density at radius 3 is 2.09 bits per heavy atom. The third kappa shape index (κ3) is 2.84. The van der Waals surface area contributed by atoms with Gasteiger partial charge in [0.15, 0.2) is 14.0 Å². The highest BCUT2D eigenvalue weighted by Crippen LogP contribution is 2.46. The van der Waals surface area contributed by atoms with Gasteiger partial charge in [-0.1, -0.05) is 48.5 Å². The molecule has 1 unspecified atom stereocenters. The molecule has 1 saturated heterocycles. The molecule has 0 saturated carbocycles. The van der Waals surface area contributed by atoms with Gasteiger partial charge in [0.1, 0.15) is 0 Å². The highest BCUT2D eigenvalue weighted by atomic mass is 28.4. The zero-order chi connectivity index (χ0) is 15.8. The first-order valence-corrected chi connectivity index (χ1v) is 11.0. The van der Waals surface area contributed by atoms with Crippen LogP contribution >= 0.6 is 0 Å². The number of rotatable bonds is 4. The Morgan fingerprint density at radius 2 is 1.55 bits per heavy atom. The van der Waals surface area contributed by atoms with Gasteiger partial charge in [0.2, 0.25) is 0 Å². The molecule has 114 valence electrons. The lowest BCUT2D eigenvalue weighted by Gasteiger charge is -2.27. The fourth-order valence-electron chi connectivity index (χ4n) is 2.75. The lowest BCUT2D eigenvalue weighted by molar-refractivity contribution is 0.0652. The van der Waals surface area contributed by atoms with Crippen LogP contribution < -0.4 is 0 Å². The van der Waals surface area contributed by atoms with Gasteiger partial charge in [-0.3, -0.25) is 4.79 Å². The fraction of sp³-hybridized carbons (Fsp3) is 0.278. The van der Waals surface area contributed by atoms with Gasteiger partial charge in [0, 0.05) is 11.1 Å². The molecule has 1 atom stereocenters. The number of amides is 1. The zero-order valence-electron chi connectivity index (χ0n) is 13.2. The number of carbonyl (C=O) groups excluding carboxylic acids is 1. The van der Waals surface area contributed by atoms with Crippen LogP contribution in [0.3, 0.4) is 0 Å². The van der Waals surface area contributed by atoms with Crippen molar-refractivity contribution in [2.24, 2.45) is 0 Å². The Morgan fingerprint density at radius 1 is 1.00 bits per heavy atom. The lowest BCUT2D eigenvalue weighted by atomic mass is 10.1. The maximum absolute atomic E-state index is 12.7. The Balaban J connectivity index is 1.92. The van der Waals surface area contributed by atoms with Crippen molar-refractivity contribution >= 4 is 14.2 Å². The van der Waals surface area contributed by atoms with E-state index in [0.717, 1.165) is 5.56 Å². The van der Waals surface area contributed by atoms with E-state index in [1.54, 1.807) is 0 Å². The van der Waals surface area contributed by atoms with Crippen LogP contribution in [0.25, 0.3) is 0 Å². The first kappa shape index (κ1) is 15.0. The van der Waals surface area contributed by atoms with Gasteiger partial charge >= 0.3 is 0 Å². The van der Waals surface area contributed by atoms with Crippen molar-refractivity contribution in [2.75, 3.05) is 6.54 Å². The van der Waals surface area contributed by atoms with E-state index < -0.39 is 14.0 Å². The van der Waals surface area contributed by atoms with Crippen molar-refractivity contribution in [2.45, 2.75) is 25.4 Å². The predicted molar refractivity (Wildman–Crippen MR) is 90.0 cm³/mol. The molecule has 2 aromatic carbocycles. The quantitative estimate of drug-likeness (QED) is 0.634. The van der Waals surface area contributed by atoms with Gasteiger partial charge in [-0.2, -0.15) is 0 Å². The van der Waals surface area contributed by atoms with Crippen molar-refractivity contribution in [3.63, 3.8) is 0 Å². The summed E-state index contributed by atoms with van der Waals surface area (Å²) in [6.45, 7) is 7.08. The molecule has 0 radical (unpaired) electrons. The summed E-state index contributed by atoms with van der Waals surface area (Å²) < 4.78 is 6.42. The second-order valence-corrected chi connectivity index (χ2v) is 11.1. The van der Waals surface area contributed by atoms with E-state index in [1.807, 2.05) is 65.6 Å². The summed E-state index contributed by atoms with van der Waals surface area (Å²) in [5, 5.41) is 0. The lowest BCUT2D eigenvalue weighted by Crippen LogP contribution is -2.36. The molecule has 1 aliphatic heterocycles. The van der Waals surface area contributed by atoms with Gasteiger partial charge < -0.3 is 9.33 Å². The summed E-state index contributed by atoms with van der Waals surface area (Å²) in [7, 11) is -1.80. The van der Waals surface area contributed by atoms with Crippen molar-refractivity contribution < 1.29 is 9.22 Å². The SMILES string of the molecule is C[Si](C)(C)OC1(c2ccccc2)CN1C(=O)c1ccccc1. The summed E-state index contributed by atoms with van der Waals surface area (Å²) in [5.74, 6) is 0.0303. The van der Waals surface area contributed by atoms with Crippen LogP contribution in [0.2, 0.25) is 19.6 Å². The van der Waals surface area contributed by atoms with Crippen LogP contribution in [0.1, 0.15) is 15.9 Å². The maximum atomic E-state index is 12.7. The predicted octanol–water partition coefficient (Wildman–Crippen LogP) is 3.85. The summed E-state index contributed by atoms with van der Waals surface area (Å²) in [4.78, 5) is 14.6. The number of benzene rings is 2. The molecule has 1 amide bonds. The monoisotopic (exact) mass is 311 g/mol. The normalized spacial score (nSPS) is 20.8. The summed E-state index contributed by atoms with van der Waals surface area (Å²) in [6.07, 6.45) is 0. The summed E-state index contributed by atoms with van der Waals surface area (Å²) in [6, 6.07) is 19.5. The van der Waals surface area contributed by atoms with Crippen LogP contribution in [0.4, 0.5) is 0 Å². The minimum absolute atomic E-state index is 0.0303. The van der Waals surface area contributed by atoms with E-state index in [0.29, 0.717) is 12.1 Å². The molecule has 1 aliphatic rings. The van der Waals surface area contributed by atoms with E-state index in [-0.39, 0.29) is 5.91 Å². The van der Waals surface area contributed by atoms with Gasteiger partial charge in [-0.25, -0.2) is 0 Å². The second kappa shape index (κ2) is 5.37. The molecule has 3 nitrogen and oxygen atoms in total. The van der Waals surface area contributed by atoms with Gasteiger partial charge in [0.25, 0.3) is 5.91 Å². The summed E-state index contributed by atoms with van der Waals surface area (Å²) >= 11 is 0. The van der Waals surface area contributed by atoms with Crippen molar-refractivity contribution in [1.29, 1.82) is 0 Å². The molecule has 0 aromatic heterocycles. The van der Waals surface area contributed by atoms with Crippen LogP contribution in [0.15, 0.2) is 60.7 Å². The molecule has 0 bridgehead atoms. The molecule has 0 spiro atoms. The molecule has 2 aromatic rings. The minimum Gasteiger partial charge on any atom is -0.391 e. The molecule has 22 heavy (non-hydrogen) atoms. The van der Waals surface area contributed by atoms with Gasteiger partial charge in [0.05, 0.1) is 6.54 Å². The first-order valence-electron chi connectivity index (χ1n) is 7.55. The first-order chi connectivity index (χ1) is 10.4. The van der Waals surface area contributed by atoms with Crippen LogP contribution in [0.5, 0.6) is 0 Å². The number of hydrogen-bond acceptors (Lipinski definition) is 2. The van der Waals surface area contributed by atoms with E-state index in [9.17, 15) is 4.79 Å². The molecule has 4 heteroatoms. The molecule has 1 heterocycles. The molecule has 1 fully saturated rings. The molecule has 0 aliphatic carbocycles. The van der Waals surface area contributed by atoms with Crippen molar-refractivity contribution in [3.05, 3.63) is 71.8 Å². The van der Waals surface area contributed by atoms with E-state index in [2.05, 4.69) is 19.6 Å². The Kier molecular flexibility index (Phi) is 3.66. The number of nitrogens with zero attached hydrogens (tertiary/aromatic N) is 1. The van der Waals surface area contributed by atoms with E-state index >= 15 is 0 Å². The van der Waals surface area contributed by atoms with Crippen molar-refractivity contribution in [3.8, 4) is 0 Å². The standard InChI is InChI=1S/C18H21NO2Si/c1-22(2,3)21-18(16-12-8-5-9-13-16)14-19(18)17(20)15-10-6-4-7-11-15/h4-13H,14H2,1-3H3. The molecular formula is C18H21NO2Si. The summed E-state index contributed by atoms with van der Waals surface area (Å²) in [5.41, 5.74) is 1.18. The molecule has 3 rings (SSSR count). The zero-order valence-corrected chi connectivity index (χ0v) is 14.2. The van der Waals surface area contributed by atoms with E-state index in [4.69, 9.17) is 4.43 Å². The van der Waals surface area contributed by atoms with Crippen LogP contribution in [0, 0.1) is 0 Å².